The van der Waals surface area contributed by atoms with Gasteiger partial charge >= 0.3 is 59.1 Å². The van der Waals surface area contributed by atoms with Crippen molar-refractivity contribution in [1.82, 2.24) is 0 Å². The Morgan fingerprint density at radius 2 is 1.09 bits per heavy atom. The number of carbonyl (C=O) groups is 1. The van der Waals surface area contributed by atoms with Crippen LogP contribution in [-0.4, -0.2) is 28.1 Å². The van der Waals surface area contributed by atoms with Gasteiger partial charge in [-0.3, -0.25) is 0 Å². The second-order valence-corrected chi connectivity index (χ2v) is 0.333. The molecule has 0 aromatic rings. The molecule has 8 N–H and O–H groups in total. The summed E-state index contributed by atoms with van der Waals surface area (Å²) in [7, 11) is 0. The van der Waals surface area contributed by atoms with Crippen LogP contribution in [0.1, 0.15) is 0 Å². The summed E-state index contributed by atoms with van der Waals surface area (Å²) in [4.78, 5) is 11.0. The van der Waals surface area contributed by atoms with Crippen molar-refractivity contribution in [3.63, 3.8) is 0 Å². The van der Waals surface area contributed by atoms with Crippen LogP contribution in [0.4, 0.5) is 4.79 Å². The van der Waals surface area contributed by atoms with E-state index >= 15 is 0 Å². The number of hydrogen-bond donors (Lipinski definition) is 0. The number of hydrogen-bond acceptors (Lipinski definition) is 4. The number of carbonyl (C=O) groups excluding carboxylic acids is 1. The van der Waals surface area contributed by atoms with Crippen LogP contribution in [0.2, 0.25) is 0 Å². The summed E-state index contributed by atoms with van der Waals surface area (Å²) < 4.78 is 0. The quantitative estimate of drug-likeness (QED) is 0.209. The molecule has 0 rings (SSSR count). The van der Waals surface area contributed by atoms with Crippen LogP contribution in [0, 0.1) is 0 Å². The first kappa shape index (κ1) is 57.5. The summed E-state index contributed by atoms with van der Waals surface area (Å²) in [5.41, 5.74) is 0. The average molecular weight is 194 g/mol. The monoisotopic (exact) mass is 194 g/mol. The summed E-state index contributed by atoms with van der Waals surface area (Å²) in [6.07, 6.45) is -2.05. The molecule has 0 saturated carbocycles. The Morgan fingerprint density at radius 1 is 1.00 bits per heavy atom. The van der Waals surface area contributed by atoms with Crippen molar-refractivity contribution in [3.8, 4) is 0 Å². The van der Waals surface area contributed by atoms with Gasteiger partial charge in [0.1, 0.15) is 0 Å². The summed E-state index contributed by atoms with van der Waals surface area (Å²) >= 11 is 0. The normalized spacial score (nSPS) is 3.00. The van der Waals surface area contributed by atoms with Gasteiger partial charge in [-0.15, -0.1) is 0 Å². The maximum Gasteiger partial charge on any atom is 1.00 e. The molecule has 0 aromatic heterocycles. The van der Waals surface area contributed by atoms with Gasteiger partial charge in [-0.1, -0.05) is 0 Å². The molecule has 0 amide bonds. The van der Waals surface area contributed by atoms with Crippen molar-refractivity contribution in [1.29, 1.82) is 0 Å². The standard InChI is InChI=1S/CH2O4.2Na.4H2O/c2-1(3)5-4;;;;;;/h4H,(H,2,3);;;4*1H2/q;2*+1;;;;/p-2. The fourth-order valence-electron chi connectivity index (χ4n) is 0. The molecule has 0 spiro atoms. The van der Waals surface area contributed by atoms with E-state index in [2.05, 4.69) is 4.89 Å². The number of rotatable bonds is 0. The molecule has 0 saturated heterocycles. The van der Waals surface area contributed by atoms with Crippen molar-refractivity contribution in [2.24, 2.45) is 0 Å². The molecule has 0 aliphatic heterocycles. The minimum Gasteiger partial charge on any atom is -0.755 e. The van der Waals surface area contributed by atoms with E-state index in [1.54, 1.807) is 0 Å². The smallest absolute Gasteiger partial charge is 0.755 e. The van der Waals surface area contributed by atoms with Crippen LogP contribution in [0.3, 0.4) is 0 Å². The molecule has 62 valence electrons. The van der Waals surface area contributed by atoms with Gasteiger partial charge in [-0.25, -0.2) is 0 Å². The molecule has 0 atom stereocenters. The second kappa shape index (κ2) is 43.7. The molecule has 0 aromatic carbocycles. The van der Waals surface area contributed by atoms with E-state index in [-0.39, 0.29) is 81.0 Å². The summed E-state index contributed by atoms with van der Waals surface area (Å²) in [6, 6.07) is 0. The average Bonchev–Trinajstić information content (AvgIpc) is 1.38. The molecular formula is CH8Na2O8. The zero-order valence-electron chi connectivity index (χ0n) is 6.13. The molecule has 0 unspecified atom stereocenters. The Balaban J connectivity index is -0.00000000533. The Morgan fingerprint density at radius 3 is 1.09 bits per heavy atom. The zero-order chi connectivity index (χ0) is 4.28. The predicted molar refractivity (Wildman–Crippen MR) is 20.9 cm³/mol. The predicted octanol–water partition coefficient (Wildman–Crippen LogP) is -11.7. The molecule has 0 aliphatic carbocycles. The molecule has 10 heteroatoms. The van der Waals surface area contributed by atoms with Crippen molar-refractivity contribution >= 4 is 6.16 Å². The first-order valence-corrected chi connectivity index (χ1v) is 0.779. The van der Waals surface area contributed by atoms with E-state index in [0.29, 0.717) is 0 Å². The van der Waals surface area contributed by atoms with Gasteiger partial charge in [0, 0.05) is 0 Å². The van der Waals surface area contributed by atoms with Gasteiger partial charge in [0.25, 0.3) is 0 Å². The molecule has 0 bridgehead atoms. The van der Waals surface area contributed by atoms with Gasteiger partial charge in [0.05, 0.1) is 0 Å². The third-order valence-corrected chi connectivity index (χ3v) is 0.0680. The zero-order valence-corrected chi connectivity index (χ0v) is 10.1. The van der Waals surface area contributed by atoms with E-state index in [9.17, 15) is 0 Å². The molecular weight excluding hydrogens is 186 g/mol. The fourth-order valence-corrected chi connectivity index (χ4v) is 0. The SMILES string of the molecule is O.O.O.O.O=C([O-])O[O-].[Na+].[Na+]. The van der Waals surface area contributed by atoms with E-state index in [1.807, 2.05) is 0 Å². The Hall–Kier alpha value is 1.07. The van der Waals surface area contributed by atoms with Crippen molar-refractivity contribution in [2.75, 3.05) is 0 Å². The summed E-state index contributed by atoms with van der Waals surface area (Å²) in [5.74, 6) is 0. The fraction of sp³-hybridized carbons (Fsp3) is 0. The van der Waals surface area contributed by atoms with E-state index in [0.717, 1.165) is 0 Å². The van der Waals surface area contributed by atoms with Gasteiger partial charge in [0.15, 0.2) is 0 Å². The van der Waals surface area contributed by atoms with Crippen LogP contribution in [-0.2, 0) is 4.89 Å². The van der Waals surface area contributed by atoms with Crippen molar-refractivity contribution in [3.05, 3.63) is 0 Å². The van der Waals surface area contributed by atoms with E-state index in [1.165, 1.54) is 0 Å². The number of carboxylic acid groups (broad SMARTS) is 1. The first-order chi connectivity index (χ1) is 2.27. The van der Waals surface area contributed by atoms with Gasteiger partial charge in [0.2, 0.25) is 6.16 Å². The van der Waals surface area contributed by atoms with E-state index in [4.69, 9.17) is 15.2 Å². The third kappa shape index (κ3) is 96.6. The van der Waals surface area contributed by atoms with Crippen molar-refractivity contribution in [2.45, 2.75) is 0 Å². The Labute approximate surface area is 106 Å². The van der Waals surface area contributed by atoms with E-state index < -0.39 is 6.16 Å². The molecule has 0 heterocycles. The molecule has 0 fully saturated rings. The minimum absolute atomic E-state index is 0. The van der Waals surface area contributed by atoms with Gasteiger partial charge in [-0.05, 0) is 0 Å². The molecule has 11 heavy (non-hydrogen) atoms. The van der Waals surface area contributed by atoms with Crippen LogP contribution < -0.4 is 69.5 Å². The Bertz CT molecular complexity index is 47.4. The maximum atomic E-state index is 8.72. The Kier molecular flexibility index (Phi) is 228. The van der Waals surface area contributed by atoms with Gasteiger partial charge in [-0.2, -0.15) is 0 Å². The second-order valence-electron chi connectivity index (χ2n) is 0.333. The van der Waals surface area contributed by atoms with Crippen LogP contribution in [0.15, 0.2) is 0 Å². The summed E-state index contributed by atoms with van der Waals surface area (Å²) in [5, 5.41) is 17.2. The topological polar surface area (TPSA) is 198 Å². The third-order valence-electron chi connectivity index (χ3n) is 0.0680. The van der Waals surface area contributed by atoms with Crippen molar-refractivity contribution < 1.29 is 101 Å². The largest absolute Gasteiger partial charge is 1.00 e. The molecule has 0 radical (unpaired) electrons. The maximum absolute atomic E-state index is 8.72. The minimum atomic E-state index is -2.05. The summed E-state index contributed by atoms with van der Waals surface area (Å²) in [6.45, 7) is 0. The molecule has 8 nitrogen and oxygen atoms in total. The van der Waals surface area contributed by atoms with Crippen LogP contribution in [0.25, 0.3) is 0 Å². The first-order valence-electron chi connectivity index (χ1n) is 0.779. The molecule has 0 aliphatic rings. The van der Waals surface area contributed by atoms with Crippen LogP contribution in [0.5, 0.6) is 0 Å². The van der Waals surface area contributed by atoms with Crippen LogP contribution >= 0.6 is 0 Å². The van der Waals surface area contributed by atoms with Gasteiger partial charge < -0.3 is 42.0 Å².